The number of carbonyl (C=O) groups excluding carboxylic acids is 1. The van der Waals surface area contributed by atoms with Gasteiger partial charge < -0.3 is 19.9 Å². The second-order valence-corrected chi connectivity index (χ2v) is 9.20. The van der Waals surface area contributed by atoms with Crippen LogP contribution in [0.5, 0.6) is 17.2 Å². The van der Waals surface area contributed by atoms with Gasteiger partial charge in [0, 0.05) is 22.8 Å². The molecule has 12 heteroatoms. The van der Waals surface area contributed by atoms with Crippen molar-refractivity contribution < 1.29 is 37.3 Å². The molecule has 1 aromatic heterocycles. The molecule has 1 atom stereocenters. The third kappa shape index (κ3) is 5.84. The zero-order valence-electron chi connectivity index (χ0n) is 20.4. The van der Waals surface area contributed by atoms with Gasteiger partial charge in [-0.1, -0.05) is 23.7 Å². The molecular formula is C28H19ClF3N3O5. The number of fused-ring (bicyclic) bond motifs is 1. The van der Waals surface area contributed by atoms with Gasteiger partial charge in [-0.3, -0.25) is 14.6 Å². The minimum atomic E-state index is -4.43. The zero-order valence-corrected chi connectivity index (χ0v) is 21.2. The summed E-state index contributed by atoms with van der Waals surface area (Å²) < 4.78 is 49.7. The highest BCUT2D eigenvalue weighted by Gasteiger charge is 2.30. The first-order valence-electron chi connectivity index (χ1n) is 11.9. The fourth-order valence-electron chi connectivity index (χ4n) is 4.09. The number of halogens is 4. The number of nitrogens with one attached hydrogen (secondary N) is 1. The van der Waals surface area contributed by atoms with E-state index in [-0.39, 0.29) is 23.2 Å². The van der Waals surface area contributed by atoms with E-state index < -0.39 is 29.5 Å². The first-order chi connectivity index (χ1) is 19.1. The zero-order chi connectivity index (χ0) is 28.4. The summed E-state index contributed by atoms with van der Waals surface area (Å²) in [5, 5.41) is 12.3. The molecule has 3 aromatic carbocycles. The Morgan fingerprint density at radius 1 is 1.02 bits per heavy atom. The van der Waals surface area contributed by atoms with Gasteiger partial charge in [0.1, 0.15) is 17.2 Å². The number of aliphatic carboxylic acids is 1. The molecule has 5 rings (SSSR count). The van der Waals surface area contributed by atoms with E-state index in [0.29, 0.717) is 40.3 Å². The van der Waals surface area contributed by atoms with Gasteiger partial charge in [-0.2, -0.15) is 13.2 Å². The Morgan fingerprint density at radius 2 is 1.75 bits per heavy atom. The van der Waals surface area contributed by atoms with Crippen molar-refractivity contribution in [1.82, 2.24) is 9.97 Å². The molecule has 0 fully saturated rings. The molecule has 1 unspecified atom stereocenters. The van der Waals surface area contributed by atoms with Gasteiger partial charge in [-0.05, 0) is 48.9 Å². The Labute approximate surface area is 230 Å². The monoisotopic (exact) mass is 569 g/mol. The lowest BCUT2D eigenvalue weighted by atomic mass is 9.93. The molecule has 4 aromatic rings. The number of benzene rings is 3. The van der Waals surface area contributed by atoms with Gasteiger partial charge in [-0.25, -0.2) is 4.98 Å². The van der Waals surface area contributed by atoms with Crippen molar-refractivity contribution in [1.29, 1.82) is 0 Å². The molecule has 0 saturated carbocycles. The minimum Gasteiger partial charge on any atom is -0.493 e. The lowest BCUT2D eigenvalue weighted by Gasteiger charge is -2.24. The van der Waals surface area contributed by atoms with Crippen LogP contribution in [0.2, 0.25) is 5.02 Å². The normalized spacial score (nSPS) is 14.6. The SMILES string of the molecule is O=C(Nc1cnc(-c2ccc(C(F)(F)F)cc2)cn1)c1ccc(Oc2cc3c(cc2Cl)C(C(=O)O)CCO3)cc1. The van der Waals surface area contributed by atoms with Crippen molar-refractivity contribution in [2.45, 2.75) is 18.5 Å². The van der Waals surface area contributed by atoms with Crippen LogP contribution in [0.1, 0.15) is 33.8 Å². The summed E-state index contributed by atoms with van der Waals surface area (Å²) in [5.41, 5.74) is 0.807. The van der Waals surface area contributed by atoms with Crippen LogP contribution in [-0.4, -0.2) is 33.6 Å². The van der Waals surface area contributed by atoms with Crippen LogP contribution < -0.4 is 14.8 Å². The number of carbonyl (C=O) groups is 2. The van der Waals surface area contributed by atoms with Gasteiger partial charge in [0.25, 0.3) is 5.91 Å². The number of hydrogen-bond acceptors (Lipinski definition) is 6. The number of aromatic nitrogens is 2. The van der Waals surface area contributed by atoms with Crippen molar-refractivity contribution in [3.05, 3.63) is 94.8 Å². The average Bonchev–Trinajstić information content (AvgIpc) is 2.93. The molecular weight excluding hydrogens is 551 g/mol. The van der Waals surface area contributed by atoms with Gasteiger partial charge in [0.2, 0.25) is 0 Å². The molecule has 0 radical (unpaired) electrons. The lowest BCUT2D eigenvalue weighted by molar-refractivity contribution is -0.139. The Kier molecular flexibility index (Phi) is 7.31. The van der Waals surface area contributed by atoms with Crippen molar-refractivity contribution in [3.8, 4) is 28.5 Å². The van der Waals surface area contributed by atoms with E-state index in [2.05, 4.69) is 15.3 Å². The Hall–Kier alpha value is -4.64. The molecule has 1 aliphatic rings. The van der Waals surface area contributed by atoms with Crippen molar-refractivity contribution in [2.75, 3.05) is 11.9 Å². The van der Waals surface area contributed by atoms with Crippen LogP contribution in [0, 0.1) is 0 Å². The number of amides is 1. The van der Waals surface area contributed by atoms with E-state index in [1.165, 1.54) is 42.7 Å². The highest BCUT2D eigenvalue weighted by atomic mass is 35.5. The van der Waals surface area contributed by atoms with Gasteiger partial charge in [-0.15, -0.1) is 0 Å². The Morgan fingerprint density at radius 3 is 2.38 bits per heavy atom. The third-order valence-corrected chi connectivity index (χ3v) is 6.44. The van der Waals surface area contributed by atoms with E-state index in [9.17, 15) is 27.9 Å². The molecule has 0 saturated heterocycles. The highest BCUT2D eigenvalue weighted by Crippen LogP contribution is 2.42. The summed E-state index contributed by atoms with van der Waals surface area (Å²) in [6, 6.07) is 13.8. The van der Waals surface area contributed by atoms with E-state index in [1.807, 2.05) is 0 Å². The number of rotatable bonds is 6. The molecule has 0 bridgehead atoms. The van der Waals surface area contributed by atoms with Crippen LogP contribution in [0.25, 0.3) is 11.3 Å². The second kappa shape index (κ2) is 10.9. The first kappa shape index (κ1) is 26.9. The molecule has 1 aliphatic heterocycles. The van der Waals surface area contributed by atoms with Crippen molar-refractivity contribution >= 4 is 29.3 Å². The van der Waals surface area contributed by atoms with Gasteiger partial charge >= 0.3 is 12.1 Å². The summed E-state index contributed by atoms with van der Waals surface area (Å²) in [6.07, 6.45) is -1.44. The number of ether oxygens (including phenoxy) is 2. The van der Waals surface area contributed by atoms with E-state index in [1.54, 1.807) is 18.2 Å². The molecule has 0 aliphatic carbocycles. The summed E-state index contributed by atoms with van der Waals surface area (Å²) >= 11 is 6.33. The summed E-state index contributed by atoms with van der Waals surface area (Å²) in [4.78, 5) is 32.5. The quantitative estimate of drug-likeness (QED) is 0.262. The average molecular weight is 570 g/mol. The minimum absolute atomic E-state index is 0.154. The van der Waals surface area contributed by atoms with Crippen LogP contribution in [0.3, 0.4) is 0 Å². The molecule has 8 nitrogen and oxygen atoms in total. The summed E-state index contributed by atoms with van der Waals surface area (Å²) in [6.45, 7) is 0.261. The molecule has 2 heterocycles. The predicted octanol–water partition coefficient (Wildman–Crippen LogP) is 6.81. The summed E-state index contributed by atoms with van der Waals surface area (Å²) in [5.74, 6) is -0.941. The van der Waals surface area contributed by atoms with Gasteiger partial charge in [0.05, 0.1) is 41.2 Å². The Balaban J connectivity index is 1.23. The first-order valence-corrected chi connectivity index (χ1v) is 12.2. The number of alkyl halides is 3. The predicted molar refractivity (Wildman–Crippen MR) is 139 cm³/mol. The second-order valence-electron chi connectivity index (χ2n) is 8.79. The maximum absolute atomic E-state index is 12.8. The molecule has 1 amide bonds. The van der Waals surface area contributed by atoms with Gasteiger partial charge in [0.15, 0.2) is 5.82 Å². The van der Waals surface area contributed by atoms with E-state index in [0.717, 1.165) is 12.1 Å². The molecule has 204 valence electrons. The summed E-state index contributed by atoms with van der Waals surface area (Å²) in [7, 11) is 0. The number of carboxylic acids is 1. The number of carboxylic acid groups (broad SMARTS) is 1. The standard InChI is InChI=1S/C28H19ClF3N3O5/c29-21-11-20-19(27(37)38)9-10-39-23(20)12-24(21)40-18-7-3-16(4-8-18)26(36)35-25-14-33-22(13-34-25)15-1-5-17(6-2-15)28(30,31)32/h1-8,11-14,19H,9-10H2,(H,37,38)(H,34,35,36). The maximum atomic E-state index is 12.8. The largest absolute Gasteiger partial charge is 0.493 e. The topological polar surface area (TPSA) is 111 Å². The lowest BCUT2D eigenvalue weighted by Crippen LogP contribution is -2.20. The fourth-order valence-corrected chi connectivity index (χ4v) is 4.30. The molecule has 2 N–H and O–H groups in total. The Bertz CT molecular complexity index is 1560. The van der Waals surface area contributed by atoms with Crippen molar-refractivity contribution in [3.63, 3.8) is 0 Å². The molecule has 40 heavy (non-hydrogen) atoms. The maximum Gasteiger partial charge on any atom is 0.416 e. The number of anilines is 1. The highest BCUT2D eigenvalue weighted by molar-refractivity contribution is 6.32. The van der Waals surface area contributed by atoms with Crippen LogP contribution in [-0.2, 0) is 11.0 Å². The number of nitrogens with zero attached hydrogens (tertiary/aromatic N) is 2. The van der Waals surface area contributed by atoms with E-state index in [4.69, 9.17) is 21.1 Å². The van der Waals surface area contributed by atoms with Crippen LogP contribution in [0.15, 0.2) is 73.1 Å². The third-order valence-electron chi connectivity index (χ3n) is 6.15. The molecule has 0 spiro atoms. The van der Waals surface area contributed by atoms with Crippen molar-refractivity contribution in [2.24, 2.45) is 0 Å². The van der Waals surface area contributed by atoms with E-state index >= 15 is 0 Å². The van der Waals surface area contributed by atoms with Crippen LogP contribution >= 0.6 is 11.6 Å². The smallest absolute Gasteiger partial charge is 0.416 e. The van der Waals surface area contributed by atoms with Crippen LogP contribution in [0.4, 0.5) is 19.0 Å². The fraction of sp³-hybridized carbons (Fsp3) is 0.143. The number of hydrogen-bond donors (Lipinski definition) is 2.